The number of hydrogen-bond acceptors (Lipinski definition) is 3. The highest BCUT2D eigenvalue weighted by molar-refractivity contribution is 5.35. The third-order valence-corrected chi connectivity index (χ3v) is 2.70. The van der Waals surface area contributed by atoms with E-state index in [1.807, 2.05) is 45.0 Å². The Balaban J connectivity index is 2.62. The van der Waals surface area contributed by atoms with Gasteiger partial charge < -0.3 is 10.5 Å². The lowest BCUT2D eigenvalue weighted by molar-refractivity contribution is 0.261. The molecule has 1 aromatic carbocycles. The lowest BCUT2D eigenvalue weighted by Crippen LogP contribution is -2.14. The van der Waals surface area contributed by atoms with E-state index >= 15 is 0 Å². The Labute approximate surface area is 103 Å². The van der Waals surface area contributed by atoms with Crippen molar-refractivity contribution in [3.05, 3.63) is 29.8 Å². The number of benzene rings is 1. The Bertz CT molecular complexity index is 405. The number of para-hydroxylation sites is 1. The van der Waals surface area contributed by atoms with Crippen molar-refractivity contribution in [2.45, 2.75) is 33.2 Å². The van der Waals surface area contributed by atoms with Crippen LogP contribution in [0.4, 0.5) is 0 Å². The predicted molar refractivity (Wildman–Crippen MR) is 68.6 cm³/mol. The van der Waals surface area contributed by atoms with E-state index in [4.69, 9.17) is 15.7 Å². The van der Waals surface area contributed by atoms with E-state index in [0.717, 1.165) is 11.3 Å². The average Bonchev–Trinajstić information content (AvgIpc) is 2.29. The van der Waals surface area contributed by atoms with Crippen molar-refractivity contribution in [2.75, 3.05) is 6.61 Å². The highest BCUT2D eigenvalue weighted by atomic mass is 16.5. The van der Waals surface area contributed by atoms with E-state index in [1.54, 1.807) is 0 Å². The molecule has 0 aliphatic heterocycles. The SMILES string of the molecule is C[C@@H](N)c1ccccc1OCCC(C)(C)C#N. The van der Waals surface area contributed by atoms with Gasteiger partial charge in [0.2, 0.25) is 0 Å². The zero-order valence-corrected chi connectivity index (χ0v) is 10.7. The normalized spacial score (nSPS) is 12.9. The van der Waals surface area contributed by atoms with Crippen LogP contribution in [0.2, 0.25) is 0 Å². The van der Waals surface area contributed by atoms with Gasteiger partial charge >= 0.3 is 0 Å². The zero-order valence-electron chi connectivity index (χ0n) is 10.7. The van der Waals surface area contributed by atoms with Gasteiger partial charge in [0.25, 0.3) is 0 Å². The van der Waals surface area contributed by atoms with Gasteiger partial charge in [-0.3, -0.25) is 0 Å². The van der Waals surface area contributed by atoms with Crippen molar-refractivity contribution in [1.29, 1.82) is 5.26 Å². The largest absolute Gasteiger partial charge is 0.493 e. The van der Waals surface area contributed by atoms with Gasteiger partial charge in [0.15, 0.2) is 0 Å². The van der Waals surface area contributed by atoms with Crippen LogP contribution in [0.25, 0.3) is 0 Å². The fourth-order valence-electron chi connectivity index (χ4n) is 1.46. The summed E-state index contributed by atoms with van der Waals surface area (Å²) in [5.74, 6) is 0.816. The van der Waals surface area contributed by atoms with Crippen LogP contribution in [0, 0.1) is 16.7 Å². The Hall–Kier alpha value is -1.53. The third-order valence-electron chi connectivity index (χ3n) is 2.70. The molecule has 0 saturated carbocycles. The molecule has 17 heavy (non-hydrogen) atoms. The second-order valence-electron chi connectivity index (χ2n) is 4.92. The van der Waals surface area contributed by atoms with Crippen LogP contribution in [0.5, 0.6) is 5.75 Å². The van der Waals surface area contributed by atoms with Crippen LogP contribution in [-0.2, 0) is 0 Å². The van der Waals surface area contributed by atoms with Gasteiger partial charge in [-0.25, -0.2) is 0 Å². The second kappa shape index (κ2) is 5.70. The van der Waals surface area contributed by atoms with Crippen molar-refractivity contribution >= 4 is 0 Å². The topological polar surface area (TPSA) is 59.0 Å². The van der Waals surface area contributed by atoms with Crippen molar-refractivity contribution in [1.82, 2.24) is 0 Å². The van der Waals surface area contributed by atoms with Crippen LogP contribution < -0.4 is 10.5 Å². The standard InChI is InChI=1S/C14H20N2O/c1-11(16)12-6-4-5-7-13(12)17-9-8-14(2,3)10-15/h4-7,11H,8-9,16H2,1-3H3/t11-/m1/s1. The van der Waals surface area contributed by atoms with Gasteiger partial charge in [-0.05, 0) is 33.3 Å². The molecule has 1 rings (SSSR count). The monoisotopic (exact) mass is 232 g/mol. The Morgan fingerprint density at radius 3 is 2.65 bits per heavy atom. The number of nitrogens with zero attached hydrogens (tertiary/aromatic N) is 1. The molecule has 0 radical (unpaired) electrons. The maximum atomic E-state index is 8.91. The van der Waals surface area contributed by atoms with Crippen LogP contribution in [0.15, 0.2) is 24.3 Å². The molecule has 0 heterocycles. The summed E-state index contributed by atoms with van der Waals surface area (Å²) < 4.78 is 5.71. The molecule has 3 heteroatoms. The van der Waals surface area contributed by atoms with Crippen LogP contribution >= 0.6 is 0 Å². The number of rotatable bonds is 5. The third kappa shape index (κ3) is 4.08. The number of nitrogens with two attached hydrogens (primary N) is 1. The van der Waals surface area contributed by atoms with Crippen LogP contribution in [0.1, 0.15) is 38.8 Å². The molecule has 3 nitrogen and oxygen atoms in total. The van der Waals surface area contributed by atoms with E-state index in [0.29, 0.717) is 13.0 Å². The molecule has 0 aliphatic carbocycles. The lowest BCUT2D eigenvalue weighted by atomic mass is 9.92. The first-order chi connectivity index (χ1) is 7.96. The summed E-state index contributed by atoms with van der Waals surface area (Å²) in [5, 5.41) is 8.91. The Morgan fingerprint density at radius 1 is 1.41 bits per heavy atom. The number of hydrogen-bond donors (Lipinski definition) is 1. The van der Waals surface area contributed by atoms with Crippen LogP contribution in [0.3, 0.4) is 0 Å². The maximum absolute atomic E-state index is 8.91. The fraction of sp³-hybridized carbons (Fsp3) is 0.500. The summed E-state index contributed by atoms with van der Waals surface area (Å²) in [6.07, 6.45) is 0.705. The Kier molecular flexibility index (Phi) is 4.53. The molecule has 0 amide bonds. The summed E-state index contributed by atoms with van der Waals surface area (Å²) >= 11 is 0. The highest BCUT2D eigenvalue weighted by Crippen LogP contribution is 2.25. The van der Waals surface area contributed by atoms with Crippen molar-refractivity contribution in [3.8, 4) is 11.8 Å². The van der Waals surface area contributed by atoms with E-state index in [9.17, 15) is 0 Å². The van der Waals surface area contributed by atoms with Gasteiger partial charge in [0, 0.05) is 11.6 Å². The molecule has 0 bridgehead atoms. The zero-order chi connectivity index (χ0) is 12.9. The fourth-order valence-corrected chi connectivity index (χ4v) is 1.46. The minimum atomic E-state index is -0.344. The van der Waals surface area contributed by atoms with E-state index in [2.05, 4.69) is 6.07 Å². The molecular weight excluding hydrogens is 212 g/mol. The second-order valence-corrected chi connectivity index (χ2v) is 4.92. The molecule has 92 valence electrons. The number of nitriles is 1. The molecular formula is C14H20N2O. The van der Waals surface area contributed by atoms with Gasteiger partial charge in [-0.15, -0.1) is 0 Å². The van der Waals surface area contributed by atoms with Crippen molar-refractivity contribution in [3.63, 3.8) is 0 Å². The van der Waals surface area contributed by atoms with Gasteiger partial charge in [-0.1, -0.05) is 18.2 Å². The van der Waals surface area contributed by atoms with Crippen molar-refractivity contribution < 1.29 is 4.74 Å². The highest BCUT2D eigenvalue weighted by Gasteiger charge is 2.17. The summed E-state index contributed by atoms with van der Waals surface area (Å²) in [6.45, 7) is 6.29. The summed E-state index contributed by atoms with van der Waals surface area (Å²) in [6, 6.07) is 9.97. The molecule has 0 aliphatic rings. The van der Waals surface area contributed by atoms with Crippen LogP contribution in [-0.4, -0.2) is 6.61 Å². The average molecular weight is 232 g/mol. The maximum Gasteiger partial charge on any atom is 0.124 e. The van der Waals surface area contributed by atoms with Crippen molar-refractivity contribution in [2.24, 2.45) is 11.1 Å². The quantitative estimate of drug-likeness (QED) is 0.848. The molecule has 1 atom stereocenters. The number of ether oxygens (including phenoxy) is 1. The molecule has 1 aromatic rings. The molecule has 0 unspecified atom stereocenters. The van der Waals surface area contributed by atoms with Gasteiger partial charge in [0.05, 0.1) is 18.1 Å². The summed E-state index contributed by atoms with van der Waals surface area (Å²) in [5.41, 5.74) is 6.52. The minimum Gasteiger partial charge on any atom is -0.493 e. The van der Waals surface area contributed by atoms with E-state index < -0.39 is 0 Å². The minimum absolute atomic E-state index is 0.0461. The molecule has 0 aromatic heterocycles. The summed E-state index contributed by atoms with van der Waals surface area (Å²) in [4.78, 5) is 0. The first-order valence-corrected chi connectivity index (χ1v) is 5.85. The molecule has 0 saturated heterocycles. The smallest absolute Gasteiger partial charge is 0.124 e. The lowest BCUT2D eigenvalue weighted by Gasteiger charge is -2.17. The summed E-state index contributed by atoms with van der Waals surface area (Å²) in [7, 11) is 0. The molecule has 0 spiro atoms. The first-order valence-electron chi connectivity index (χ1n) is 5.85. The molecule has 0 fully saturated rings. The molecule has 2 N–H and O–H groups in total. The first kappa shape index (κ1) is 13.5. The Morgan fingerprint density at radius 2 is 2.06 bits per heavy atom. The van der Waals surface area contributed by atoms with Gasteiger partial charge in [-0.2, -0.15) is 5.26 Å². The van der Waals surface area contributed by atoms with Gasteiger partial charge in [0.1, 0.15) is 5.75 Å². The predicted octanol–water partition coefficient (Wildman–Crippen LogP) is 3.02. The van der Waals surface area contributed by atoms with E-state index in [1.165, 1.54) is 0 Å². The van der Waals surface area contributed by atoms with E-state index in [-0.39, 0.29) is 11.5 Å².